The summed E-state index contributed by atoms with van der Waals surface area (Å²) in [4.78, 5) is 30.5. The summed E-state index contributed by atoms with van der Waals surface area (Å²) in [5.74, 6) is -0.319. The van der Waals surface area contributed by atoms with Gasteiger partial charge < -0.3 is 9.64 Å². The molecule has 0 saturated heterocycles. The van der Waals surface area contributed by atoms with Crippen LogP contribution in [0, 0.1) is 0 Å². The molecule has 0 radical (unpaired) electrons. The zero-order chi connectivity index (χ0) is 19.8. The average Bonchev–Trinajstić information content (AvgIpc) is 2.72. The number of benzene rings is 2. The number of pyridine rings is 1. The molecule has 1 amide bonds. The van der Waals surface area contributed by atoms with Gasteiger partial charge in [0, 0.05) is 25.5 Å². The molecule has 0 aliphatic carbocycles. The molecule has 1 aromatic heterocycles. The van der Waals surface area contributed by atoms with E-state index < -0.39 is 0 Å². The molecule has 2 aromatic carbocycles. The molecule has 0 bridgehead atoms. The molecule has 3 rings (SSSR count). The monoisotopic (exact) mass is 376 g/mol. The van der Waals surface area contributed by atoms with Crippen LogP contribution in [-0.4, -0.2) is 34.9 Å². The topological polar surface area (TPSA) is 59.5 Å². The smallest absolute Gasteiger partial charge is 0.307 e. The molecule has 5 heteroatoms. The van der Waals surface area contributed by atoms with Gasteiger partial charge >= 0.3 is 5.97 Å². The molecule has 0 aliphatic heterocycles. The van der Waals surface area contributed by atoms with Gasteiger partial charge in [-0.2, -0.15) is 0 Å². The fourth-order valence-electron chi connectivity index (χ4n) is 3.10. The second-order valence-corrected chi connectivity index (χ2v) is 6.59. The van der Waals surface area contributed by atoms with Crippen LogP contribution < -0.4 is 0 Å². The third-order valence-electron chi connectivity index (χ3n) is 4.51. The highest BCUT2D eigenvalue weighted by Crippen LogP contribution is 2.17. The van der Waals surface area contributed by atoms with Gasteiger partial charge in [0.2, 0.25) is 5.91 Å². The van der Waals surface area contributed by atoms with Crippen LogP contribution in [0.25, 0.3) is 10.8 Å². The van der Waals surface area contributed by atoms with Crippen molar-refractivity contribution in [3.8, 4) is 0 Å². The molecule has 0 N–H and O–H groups in total. The molecule has 5 nitrogen and oxygen atoms in total. The fraction of sp³-hybridized carbons (Fsp3) is 0.261. The number of esters is 1. The Morgan fingerprint density at radius 2 is 1.82 bits per heavy atom. The summed E-state index contributed by atoms with van der Waals surface area (Å²) in [5.41, 5.74) is 1.88. The van der Waals surface area contributed by atoms with Gasteiger partial charge in [-0.3, -0.25) is 14.6 Å². The summed E-state index contributed by atoms with van der Waals surface area (Å²) in [6.45, 7) is 2.85. The van der Waals surface area contributed by atoms with E-state index in [1.54, 1.807) is 24.2 Å². The van der Waals surface area contributed by atoms with Crippen molar-refractivity contribution in [2.75, 3.05) is 13.2 Å². The largest absolute Gasteiger partial charge is 0.466 e. The number of ether oxygens (including phenoxy) is 1. The van der Waals surface area contributed by atoms with E-state index in [0.29, 0.717) is 19.7 Å². The SMILES string of the molecule is CCOC(=O)CCN(Cc1cccnc1)C(=O)Cc1ccc2ccccc2c1. The Morgan fingerprint density at radius 1 is 1.00 bits per heavy atom. The lowest BCUT2D eigenvalue weighted by Gasteiger charge is -2.22. The van der Waals surface area contributed by atoms with E-state index in [1.807, 2.05) is 48.5 Å². The van der Waals surface area contributed by atoms with Crippen LogP contribution in [0.1, 0.15) is 24.5 Å². The summed E-state index contributed by atoms with van der Waals surface area (Å²) in [5, 5.41) is 2.26. The molecule has 0 atom stereocenters. The first-order valence-corrected chi connectivity index (χ1v) is 9.45. The fourth-order valence-corrected chi connectivity index (χ4v) is 3.10. The van der Waals surface area contributed by atoms with E-state index in [1.165, 1.54) is 0 Å². The van der Waals surface area contributed by atoms with E-state index >= 15 is 0 Å². The van der Waals surface area contributed by atoms with Crippen LogP contribution in [0.15, 0.2) is 67.0 Å². The lowest BCUT2D eigenvalue weighted by Crippen LogP contribution is -2.34. The van der Waals surface area contributed by atoms with Gasteiger partial charge in [-0.15, -0.1) is 0 Å². The van der Waals surface area contributed by atoms with Gasteiger partial charge in [-0.05, 0) is 34.9 Å². The van der Waals surface area contributed by atoms with Gasteiger partial charge in [-0.25, -0.2) is 0 Å². The van der Waals surface area contributed by atoms with Crippen molar-refractivity contribution in [1.29, 1.82) is 0 Å². The predicted octanol–water partition coefficient (Wildman–Crippen LogP) is 3.76. The highest BCUT2D eigenvalue weighted by molar-refractivity contribution is 5.85. The first-order chi connectivity index (χ1) is 13.7. The minimum Gasteiger partial charge on any atom is -0.466 e. The maximum absolute atomic E-state index is 13.0. The number of amides is 1. The van der Waals surface area contributed by atoms with Crippen molar-refractivity contribution in [3.63, 3.8) is 0 Å². The number of carbonyl (C=O) groups is 2. The van der Waals surface area contributed by atoms with Crippen LogP contribution in [0.3, 0.4) is 0 Å². The molecule has 0 unspecified atom stereocenters. The van der Waals surface area contributed by atoms with Gasteiger partial charge in [0.1, 0.15) is 0 Å². The van der Waals surface area contributed by atoms with E-state index in [-0.39, 0.29) is 24.7 Å². The summed E-state index contributed by atoms with van der Waals surface area (Å²) >= 11 is 0. The van der Waals surface area contributed by atoms with E-state index in [0.717, 1.165) is 21.9 Å². The summed E-state index contributed by atoms with van der Waals surface area (Å²) in [7, 11) is 0. The minimum absolute atomic E-state index is 0.0246. The average molecular weight is 376 g/mol. The maximum Gasteiger partial charge on any atom is 0.307 e. The third-order valence-corrected chi connectivity index (χ3v) is 4.51. The van der Waals surface area contributed by atoms with E-state index in [9.17, 15) is 9.59 Å². The Labute approximate surface area is 165 Å². The second kappa shape index (κ2) is 9.65. The van der Waals surface area contributed by atoms with Crippen molar-refractivity contribution in [2.45, 2.75) is 26.3 Å². The normalized spacial score (nSPS) is 10.6. The number of carbonyl (C=O) groups excluding carboxylic acids is 2. The Morgan fingerprint density at radius 3 is 2.57 bits per heavy atom. The quantitative estimate of drug-likeness (QED) is 0.562. The Kier molecular flexibility index (Phi) is 6.73. The van der Waals surface area contributed by atoms with Gasteiger partial charge in [0.15, 0.2) is 0 Å². The Balaban J connectivity index is 1.72. The van der Waals surface area contributed by atoms with Crippen molar-refractivity contribution in [2.24, 2.45) is 0 Å². The van der Waals surface area contributed by atoms with Crippen molar-refractivity contribution >= 4 is 22.6 Å². The van der Waals surface area contributed by atoms with Crippen LogP contribution in [0.5, 0.6) is 0 Å². The molecule has 0 fully saturated rings. The lowest BCUT2D eigenvalue weighted by atomic mass is 10.0. The van der Waals surface area contributed by atoms with Crippen molar-refractivity contribution < 1.29 is 14.3 Å². The summed E-state index contributed by atoms with van der Waals surface area (Å²) < 4.78 is 5.00. The lowest BCUT2D eigenvalue weighted by molar-refractivity contribution is -0.144. The highest BCUT2D eigenvalue weighted by Gasteiger charge is 2.17. The summed E-state index contributed by atoms with van der Waals surface area (Å²) in [6, 6.07) is 17.9. The zero-order valence-electron chi connectivity index (χ0n) is 16.0. The Hall–Kier alpha value is -3.21. The van der Waals surface area contributed by atoms with Crippen molar-refractivity contribution in [3.05, 3.63) is 78.1 Å². The Bertz CT molecular complexity index is 941. The van der Waals surface area contributed by atoms with Gasteiger partial charge in [0.05, 0.1) is 19.4 Å². The number of rotatable bonds is 8. The third kappa shape index (κ3) is 5.39. The predicted molar refractivity (Wildman–Crippen MR) is 109 cm³/mol. The number of hydrogen-bond donors (Lipinski definition) is 0. The van der Waals surface area contributed by atoms with Gasteiger partial charge in [0.25, 0.3) is 0 Å². The van der Waals surface area contributed by atoms with E-state index in [2.05, 4.69) is 11.1 Å². The number of aromatic nitrogens is 1. The maximum atomic E-state index is 13.0. The zero-order valence-corrected chi connectivity index (χ0v) is 16.0. The molecule has 3 aromatic rings. The molecule has 0 spiro atoms. The number of nitrogens with zero attached hydrogens (tertiary/aromatic N) is 2. The number of fused-ring (bicyclic) bond motifs is 1. The van der Waals surface area contributed by atoms with Crippen LogP contribution in [0.4, 0.5) is 0 Å². The summed E-state index contributed by atoms with van der Waals surface area (Å²) in [6.07, 6.45) is 3.90. The van der Waals surface area contributed by atoms with Crippen LogP contribution in [-0.2, 0) is 27.3 Å². The molecule has 1 heterocycles. The van der Waals surface area contributed by atoms with Crippen LogP contribution in [0.2, 0.25) is 0 Å². The standard InChI is InChI=1S/C23H24N2O3/c1-2-28-23(27)11-13-25(17-19-6-5-12-24-16-19)22(26)15-18-9-10-20-7-3-4-8-21(20)14-18/h3-10,12,14,16H,2,11,13,15,17H2,1H3. The highest BCUT2D eigenvalue weighted by atomic mass is 16.5. The van der Waals surface area contributed by atoms with E-state index in [4.69, 9.17) is 4.74 Å². The number of hydrogen-bond acceptors (Lipinski definition) is 4. The first-order valence-electron chi connectivity index (χ1n) is 9.45. The molecule has 0 saturated carbocycles. The molecule has 0 aliphatic rings. The second-order valence-electron chi connectivity index (χ2n) is 6.59. The van der Waals surface area contributed by atoms with Crippen molar-refractivity contribution in [1.82, 2.24) is 9.88 Å². The molecule has 144 valence electrons. The minimum atomic E-state index is -0.294. The van der Waals surface area contributed by atoms with Gasteiger partial charge in [-0.1, -0.05) is 48.5 Å². The first kappa shape index (κ1) is 19.5. The van der Waals surface area contributed by atoms with Crippen LogP contribution >= 0.6 is 0 Å². The molecule has 28 heavy (non-hydrogen) atoms. The molecular weight excluding hydrogens is 352 g/mol. The molecular formula is C23H24N2O3.